The van der Waals surface area contributed by atoms with Crippen molar-refractivity contribution in [2.24, 2.45) is 0 Å². The molecule has 6 nitrogen and oxygen atoms in total. The van der Waals surface area contributed by atoms with E-state index in [4.69, 9.17) is 0 Å². The average Bonchev–Trinajstić information content (AvgIpc) is 3.22. The van der Waals surface area contributed by atoms with Crippen molar-refractivity contribution in [3.63, 3.8) is 0 Å². The van der Waals surface area contributed by atoms with Gasteiger partial charge < -0.3 is 10.2 Å². The zero-order valence-corrected chi connectivity index (χ0v) is 17.5. The molecule has 150 valence electrons. The lowest BCUT2D eigenvalue weighted by Gasteiger charge is -2.33. The highest BCUT2D eigenvalue weighted by Gasteiger charge is 2.34. The van der Waals surface area contributed by atoms with E-state index in [1.807, 2.05) is 81.4 Å². The Kier molecular flexibility index (Phi) is 6.39. The van der Waals surface area contributed by atoms with E-state index in [-0.39, 0.29) is 24.1 Å². The van der Waals surface area contributed by atoms with Crippen LogP contribution in [0.5, 0.6) is 0 Å². The second-order valence-corrected chi connectivity index (χ2v) is 8.37. The van der Waals surface area contributed by atoms with E-state index in [1.54, 1.807) is 10.3 Å². The molecule has 0 unspecified atom stereocenters. The number of benzene rings is 2. The van der Waals surface area contributed by atoms with Crippen LogP contribution in [0, 0.1) is 0 Å². The van der Waals surface area contributed by atoms with E-state index >= 15 is 0 Å². The molecule has 3 rings (SSSR count). The van der Waals surface area contributed by atoms with Crippen LogP contribution in [0.25, 0.3) is 0 Å². The average molecular weight is 409 g/mol. The molecule has 3 aromatic rings. The Morgan fingerprint density at radius 1 is 1.03 bits per heavy atom. The van der Waals surface area contributed by atoms with Crippen molar-refractivity contribution in [1.82, 2.24) is 19.8 Å². The van der Waals surface area contributed by atoms with E-state index in [0.717, 1.165) is 22.7 Å². The molecule has 0 aliphatic rings. The Bertz CT molecular complexity index is 938. The van der Waals surface area contributed by atoms with E-state index in [2.05, 4.69) is 14.9 Å². The number of amides is 2. The van der Waals surface area contributed by atoms with Gasteiger partial charge in [0, 0.05) is 17.5 Å². The molecule has 7 heteroatoms. The fraction of sp³-hybridized carbons (Fsp3) is 0.273. The van der Waals surface area contributed by atoms with Gasteiger partial charge in [-0.05, 0) is 43.4 Å². The quantitative estimate of drug-likeness (QED) is 0.672. The fourth-order valence-electron chi connectivity index (χ4n) is 3.01. The summed E-state index contributed by atoms with van der Waals surface area (Å²) in [5.74, 6) is -0.573. The van der Waals surface area contributed by atoms with Gasteiger partial charge in [-0.1, -0.05) is 65.2 Å². The molecule has 2 amide bonds. The molecule has 1 heterocycles. The molecular formula is C22H24N4O2S. The van der Waals surface area contributed by atoms with Crippen molar-refractivity contribution in [1.29, 1.82) is 0 Å². The normalized spacial score (nSPS) is 12.2. The Balaban J connectivity index is 2.05. The summed E-state index contributed by atoms with van der Waals surface area (Å²) in [5, 5.41) is 8.55. The maximum Gasteiger partial charge on any atom is 0.276 e. The van der Waals surface area contributed by atoms with Crippen molar-refractivity contribution in [2.75, 3.05) is 0 Å². The summed E-state index contributed by atoms with van der Waals surface area (Å²) in [6.07, 6.45) is 0. The third kappa shape index (κ3) is 5.48. The van der Waals surface area contributed by atoms with Gasteiger partial charge in [-0.3, -0.25) is 9.59 Å². The largest absolute Gasteiger partial charge is 0.349 e. The lowest BCUT2D eigenvalue weighted by Crippen LogP contribution is -2.49. The maximum atomic E-state index is 13.3. The molecule has 0 radical (unpaired) electrons. The minimum Gasteiger partial charge on any atom is -0.349 e. The number of carbonyl (C=O) groups excluding carboxylic acids is 2. The highest BCUT2D eigenvalue weighted by Crippen LogP contribution is 2.26. The third-order valence-electron chi connectivity index (χ3n) is 4.21. The van der Waals surface area contributed by atoms with Crippen molar-refractivity contribution >= 4 is 23.3 Å². The molecule has 1 aromatic heterocycles. The number of carbonyl (C=O) groups is 2. The molecule has 0 bridgehead atoms. The lowest BCUT2D eigenvalue weighted by atomic mass is 10.0. The van der Waals surface area contributed by atoms with E-state index in [0.29, 0.717) is 0 Å². The molecule has 2 aromatic carbocycles. The minimum atomic E-state index is -0.801. The molecule has 0 aliphatic heterocycles. The van der Waals surface area contributed by atoms with E-state index in [1.165, 1.54) is 0 Å². The van der Waals surface area contributed by atoms with Crippen molar-refractivity contribution < 1.29 is 9.59 Å². The smallest absolute Gasteiger partial charge is 0.276 e. The molecule has 0 saturated carbocycles. The van der Waals surface area contributed by atoms with Crippen LogP contribution in [-0.2, 0) is 11.3 Å². The highest BCUT2D eigenvalue weighted by atomic mass is 32.1. The zero-order chi connectivity index (χ0) is 20.9. The van der Waals surface area contributed by atoms with E-state index in [9.17, 15) is 9.59 Å². The first-order chi connectivity index (χ1) is 13.8. The van der Waals surface area contributed by atoms with Crippen LogP contribution in [0.4, 0.5) is 0 Å². The van der Waals surface area contributed by atoms with Gasteiger partial charge >= 0.3 is 0 Å². The van der Waals surface area contributed by atoms with Crippen molar-refractivity contribution in [3.05, 3.63) is 82.9 Å². The Labute approximate surface area is 174 Å². The van der Waals surface area contributed by atoms with Gasteiger partial charge in [0.05, 0.1) is 0 Å². The number of hydrogen-bond donors (Lipinski definition) is 1. The van der Waals surface area contributed by atoms with E-state index < -0.39 is 11.6 Å². The molecule has 0 saturated heterocycles. The second kappa shape index (κ2) is 8.96. The van der Waals surface area contributed by atoms with Crippen LogP contribution < -0.4 is 5.32 Å². The minimum absolute atomic E-state index is 0.232. The van der Waals surface area contributed by atoms with Gasteiger partial charge in [0.1, 0.15) is 6.04 Å². The number of hydrogen-bond acceptors (Lipinski definition) is 5. The summed E-state index contributed by atoms with van der Waals surface area (Å²) in [6.45, 7) is 6.02. The number of rotatable bonds is 6. The summed E-state index contributed by atoms with van der Waals surface area (Å²) in [5.41, 5.74) is 1.46. The Morgan fingerprint density at radius 2 is 1.66 bits per heavy atom. The van der Waals surface area contributed by atoms with Gasteiger partial charge in [0.15, 0.2) is 5.69 Å². The number of nitrogens with zero attached hydrogens (tertiary/aromatic N) is 3. The molecule has 29 heavy (non-hydrogen) atoms. The molecule has 1 N–H and O–H groups in total. The molecule has 0 fully saturated rings. The summed E-state index contributed by atoms with van der Waals surface area (Å²) in [7, 11) is 0. The van der Waals surface area contributed by atoms with Gasteiger partial charge in [-0.25, -0.2) is 0 Å². The molecule has 0 aliphatic carbocycles. The molecule has 0 spiro atoms. The van der Waals surface area contributed by atoms with Gasteiger partial charge in [-0.15, -0.1) is 5.10 Å². The summed E-state index contributed by atoms with van der Waals surface area (Å²) < 4.78 is 3.81. The summed E-state index contributed by atoms with van der Waals surface area (Å²) >= 11 is 1.11. The predicted molar refractivity (Wildman–Crippen MR) is 113 cm³/mol. The van der Waals surface area contributed by atoms with Crippen LogP contribution in [0.1, 0.15) is 48.4 Å². The maximum absolute atomic E-state index is 13.3. The van der Waals surface area contributed by atoms with Crippen molar-refractivity contribution in [3.8, 4) is 0 Å². The predicted octanol–water partition coefficient (Wildman–Crippen LogP) is 3.84. The first-order valence-corrected chi connectivity index (χ1v) is 10.2. The Morgan fingerprint density at radius 3 is 2.21 bits per heavy atom. The zero-order valence-electron chi connectivity index (χ0n) is 16.7. The summed E-state index contributed by atoms with van der Waals surface area (Å²) in [4.78, 5) is 28.2. The third-order valence-corrected chi connectivity index (χ3v) is 4.71. The topological polar surface area (TPSA) is 75.2 Å². The van der Waals surface area contributed by atoms with Gasteiger partial charge in [0.25, 0.3) is 5.91 Å². The number of aromatic nitrogens is 2. The monoisotopic (exact) mass is 408 g/mol. The molecule has 1 atom stereocenters. The van der Waals surface area contributed by atoms with Gasteiger partial charge in [-0.2, -0.15) is 0 Å². The number of nitrogens with one attached hydrogen (secondary N) is 1. The fourth-order valence-corrected chi connectivity index (χ4v) is 3.44. The van der Waals surface area contributed by atoms with Crippen LogP contribution in [0.3, 0.4) is 0 Å². The molecular weight excluding hydrogens is 384 g/mol. The van der Waals surface area contributed by atoms with Crippen LogP contribution >= 0.6 is 11.5 Å². The first kappa shape index (κ1) is 20.7. The van der Waals surface area contributed by atoms with Crippen LogP contribution in [0.2, 0.25) is 0 Å². The first-order valence-electron chi connectivity index (χ1n) is 9.34. The Hall–Kier alpha value is -3.06. The van der Waals surface area contributed by atoms with Gasteiger partial charge in [0.2, 0.25) is 5.91 Å². The van der Waals surface area contributed by atoms with Crippen molar-refractivity contribution in [2.45, 2.75) is 38.9 Å². The summed E-state index contributed by atoms with van der Waals surface area (Å²) in [6, 6.07) is 18.1. The van der Waals surface area contributed by atoms with Crippen LogP contribution in [-0.4, -0.2) is 31.8 Å². The highest BCUT2D eigenvalue weighted by molar-refractivity contribution is 7.03. The lowest BCUT2D eigenvalue weighted by molar-refractivity contribution is -0.127. The standard InChI is InChI=1S/C22H24N4O2S/c1-22(2,3)23-20(27)19(17-12-8-5-9-13-17)26(14-16-10-6-4-7-11-16)21(28)18-15-29-25-24-18/h4-13,15,19H,14H2,1-3H3,(H,23,27)/t19-/m0/s1. The second-order valence-electron chi connectivity index (χ2n) is 7.76. The SMILES string of the molecule is CC(C)(C)NC(=O)[C@H](c1ccccc1)N(Cc1ccccc1)C(=O)c1csnn1. The van der Waals surface area contributed by atoms with Crippen LogP contribution in [0.15, 0.2) is 66.0 Å².